The van der Waals surface area contributed by atoms with E-state index in [0.717, 1.165) is 10.0 Å². The van der Waals surface area contributed by atoms with Gasteiger partial charge in [0.2, 0.25) is 0 Å². The number of aliphatic hydroxyl groups excluding tert-OH is 1. The summed E-state index contributed by atoms with van der Waals surface area (Å²) >= 11 is 3.39. The highest BCUT2D eigenvalue weighted by Crippen LogP contribution is 2.32. The van der Waals surface area contributed by atoms with E-state index in [4.69, 9.17) is 10.5 Å². The Balaban J connectivity index is 3.16. The molecule has 0 radical (unpaired) electrons. The smallest absolute Gasteiger partial charge is 0.124 e. The number of rotatable bonds is 3. The lowest BCUT2D eigenvalue weighted by Crippen LogP contribution is -2.24. The Morgan fingerprint density at radius 1 is 1.50 bits per heavy atom. The first-order valence-corrected chi connectivity index (χ1v) is 5.13. The van der Waals surface area contributed by atoms with Crippen molar-refractivity contribution >= 4 is 15.9 Å². The Morgan fingerprint density at radius 3 is 2.64 bits per heavy atom. The number of hydrogen-bond donors (Lipinski definition) is 2. The van der Waals surface area contributed by atoms with E-state index in [9.17, 15) is 5.11 Å². The van der Waals surface area contributed by atoms with Crippen molar-refractivity contribution in [1.29, 1.82) is 0 Å². The Morgan fingerprint density at radius 2 is 2.14 bits per heavy atom. The highest BCUT2D eigenvalue weighted by molar-refractivity contribution is 9.10. The fourth-order valence-electron chi connectivity index (χ4n) is 1.26. The van der Waals surface area contributed by atoms with E-state index in [2.05, 4.69) is 15.9 Å². The van der Waals surface area contributed by atoms with E-state index in [1.165, 1.54) is 0 Å². The van der Waals surface area contributed by atoms with E-state index >= 15 is 0 Å². The van der Waals surface area contributed by atoms with Gasteiger partial charge in [0.15, 0.2) is 0 Å². The summed E-state index contributed by atoms with van der Waals surface area (Å²) in [4.78, 5) is 0. The Labute approximate surface area is 92.0 Å². The molecule has 0 heterocycles. The lowest BCUT2D eigenvalue weighted by Gasteiger charge is -2.19. The maximum atomic E-state index is 9.42. The molecular weight excluding hydrogens is 246 g/mol. The topological polar surface area (TPSA) is 55.5 Å². The van der Waals surface area contributed by atoms with Crippen LogP contribution in [0.15, 0.2) is 22.7 Å². The first-order chi connectivity index (χ1) is 6.57. The molecule has 0 aliphatic heterocycles. The summed E-state index contributed by atoms with van der Waals surface area (Å²) in [6, 6.07) is 5.12. The molecule has 0 spiro atoms. The highest BCUT2D eigenvalue weighted by atomic mass is 79.9. The van der Waals surface area contributed by atoms with Crippen molar-refractivity contribution in [3.63, 3.8) is 0 Å². The number of aliphatic hydroxyl groups is 1. The van der Waals surface area contributed by atoms with E-state index in [-0.39, 0.29) is 0 Å². The maximum Gasteiger partial charge on any atom is 0.124 e. The molecule has 0 fully saturated rings. The van der Waals surface area contributed by atoms with Crippen molar-refractivity contribution in [3.05, 3.63) is 28.2 Å². The average Bonchev–Trinajstić information content (AvgIpc) is 2.16. The van der Waals surface area contributed by atoms with Crippen molar-refractivity contribution in [2.75, 3.05) is 7.11 Å². The second kappa shape index (κ2) is 4.77. The fourth-order valence-corrected chi connectivity index (χ4v) is 1.87. The van der Waals surface area contributed by atoms with Crippen molar-refractivity contribution in [2.45, 2.75) is 19.1 Å². The number of hydrogen-bond acceptors (Lipinski definition) is 3. The molecule has 4 heteroatoms. The van der Waals surface area contributed by atoms with Crippen molar-refractivity contribution < 1.29 is 9.84 Å². The van der Waals surface area contributed by atoms with Crippen LogP contribution in [0.2, 0.25) is 0 Å². The first kappa shape index (κ1) is 11.5. The summed E-state index contributed by atoms with van der Waals surface area (Å²) in [6.45, 7) is 1.66. The van der Waals surface area contributed by atoms with Crippen LogP contribution in [0, 0.1) is 0 Å². The summed E-state index contributed by atoms with van der Waals surface area (Å²) in [5.41, 5.74) is 6.65. The lowest BCUT2D eigenvalue weighted by atomic mass is 10.0. The van der Waals surface area contributed by atoms with Crippen LogP contribution < -0.4 is 10.5 Å². The molecule has 2 atom stereocenters. The van der Waals surface area contributed by atoms with Crippen LogP contribution in [0.5, 0.6) is 5.75 Å². The minimum absolute atomic E-state index is 0.444. The molecule has 0 saturated carbocycles. The van der Waals surface area contributed by atoms with Gasteiger partial charge in [0.05, 0.1) is 19.3 Å². The zero-order chi connectivity index (χ0) is 10.7. The molecule has 0 aliphatic rings. The molecule has 0 aromatic heterocycles. The van der Waals surface area contributed by atoms with Crippen LogP contribution in [0.3, 0.4) is 0 Å². The van der Waals surface area contributed by atoms with Gasteiger partial charge in [-0.25, -0.2) is 0 Å². The first-order valence-electron chi connectivity index (χ1n) is 4.34. The maximum absolute atomic E-state index is 9.42. The summed E-state index contributed by atoms with van der Waals surface area (Å²) in [6.07, 6.45) is -0.609. The zero-order valence-corrected chi connectivity index (χ0v) is 9.78. The highest BCUT2D eigenvalue weighted by Gasteiger charge is 2.19. The predicted octanol–water partition coefficient (Wildman–Crippen LogP) is 1.84. The second-order valence-corrected chi connectivity index (χ2v) is 3.98. The van der Waals surface area contributed by atoms with E-state index in [0.29, 0.717) is 5.75 Å². The summed E-state index contributed by atoms with van der Waals surface area (Å²) < 4.78 is 6.03. The van der Waals surface area contributed by atoms with Gasteiger partial charge in [-0.15, -0.1) is 0 Å². The molecule has 0 amide bonds. The van der Waals surface area contributed by atoms with Crippen molar-refractivity contribution in [3.8, 4) is 5.75 Å². The van der Waals surface area contributed by atoms with Crippen LogP contribution >= 0.6 is 15.9 Å². The normalized spacial score (nSPS) is 14.9. The third-order valence-electron chi connectivity index (χ3n) is 2.09. The van der Waals surface area contributed by atoms with Gasteiger partial charge in [0.1, 0.15) is 5.75 Å². The molecule has 0 aliphatic carbocycles. The molecule has 0 bridgehead atoms. The monoisotopic (exact) mass is 259 g/mol. The zero-order valence-electron chi connectivity index (χ0n) is 8.20. The third-order valence-corrected chi connectivity index (χ3v) is 2.78. The minimum atomic E-state index is -0.609. The van der Waals surface area contributed by atoms with Crippen LogP contribution in [-0.4, -0.2) is 18.3 Å². The SMILES string of the molecule is COc1cccc(Br)c1[C@H](N)[C@H](C)O. The average molecular weight is 260 g/mol. The standard InChI is InChI=1S/C10H14BrNO2/c1-6(13)10(12)9-7(11)4-3-5-8(9)14-2/h3-6,10,13H,12H2,1-2H3/t6-,10+/m0/s1. The van der Waals surface area contributed by atoms with Crippen molar-refractivity contribution in [2.24, 2.45) is 5.73 Å². The van der Waals surface area contributed by atoms with Crippen LogP contribution in [0.4, 0.5) is 0 Å². The minimum Gasteiger partial charge on any atom is -0.496 e. The Bertz CT molecular complexity index is 315. The number of halogens is 1. The number of nitrogens with two attached hydrogens (primary N) is 1. The number of benzene rings is 1. The molecule has 1 aromatic rings. The van der Waals surface area contributed by atoms with Crippen LogP contribution in [-0.2, 0) is 0 Å². The Hall–Kier alpha value is -0.580. The van der Waals surface area contributed by atoms with Gasteiger partial charge in [-0.1, -0.05) is 22.0 Å². The summed E-state index contributed by atoms with van der Waals surface area (Å²) in [5, 5.41) is 9.42. The van der Waals surface area contributed by atoms with Crippen LogP contribution in [0.25, 0.3) is 0 Å². The van der Waals surface area contributed by atoms with E-state index < -0.39 is 12.1 Å². The predicted molar refractivity (Wildman–Crippen MR) is 59.3 cm³/mol. The van der Waals surface area contributed by atoms with Gasteiger partial charge < -0.3 is 15.6 Å². The third kappa shape index (κ3) is 2.26. The molecular formula is C10H14BrNO2. The molecule has 0 saturated heterocycles. The molecule has 1 aromatic carbocycles. The van der Waals surface area contributed by atoms with Crippen LogP contribution in [0.1, 0.15) is 18.5 Å². The summed E-state index contributed by atoms with van der Waals surface area (Å²) in [7, 11) is 1.58. The van der Waals surface area contributed by atoms with Gasteiger partial charge in [0.25, 0.3) is 0 Å². The largest absolute Gasteiger partial charge is 0.496 e. The molecule has 78 valence electrons. The van der Waals surface area contributed by atoms with Gasteiger partial charge >= 0.3 is 0 Å². The molecule has 3 N–H and O–H groups in total. The van der Waals surface area contributed by atoms with E-state index in [1.54, 1.807) is 14.0 Å². The Kier molecular flexibility index (Phi) is 3.92. The number of ether oxygens (including phenoxy) is 1. The summed E-state index contributed by atoms with van der Waals surface area (Å²) in [5.74, 6) is 0.688. The van der Waals surface area contributed by atoms with Gasteiger partial charge in [-0.3, -0.25) is 0 Å². The quantitative estimate of drug-likeness (QED) is 0.871. The lowest BCUT2D eigenvalue weighted by molar-refractivity contribution is 0.162. The molecule has 3 nitrogen and oxygen atoms in total. The van der Waals surface area contributed by atoms with Gasteiger partial charge in [-0.05, 0) is 19.1 Å². The van der Waals surface area contributed by atoms with E-state index in [1.807, 2.05) is 18.2 Å². The molecule has 14 heavy (non-hydrogen) atoms. The second-order valence-electron chi connectivity index (χ2n) is 3.12. The van der Waals surface area contributed by atoms with Gasteiger partial charge in [-0.2, -0.15) is 0 Å². The molecule has 1 rings (SSSR count). The molecule has 0 unspecified atom stereocenters. The number of methoxy groups -OCH3 is 1. The van der Waals surface area contributed by atoms with Gasteiger partial charge in [0, 0.05) is 10.0 Å². The fraction of sp³-hybridized carbons (Fsp3) is 0.400. The van der Waals surface area contributed by atoms with Crippen molar-refractivity contribution in [1.82, 2.24) is 0 Å².